The van der Waals surface area contributed by atoms with Crippen LogP contribution in [0.25, 0.3) is 0 Å². The van der Waals surface area contributed by atoms with Gasteiger partial charge < -0.3 is 26.4 Å². The highest BCUT2D eigenvalue weighted by atomic mass is 16.5. The Labute approximate surface area is 128 Å². The standard InChI is InChI=1S/C14H20N4O4/c1-3-22-13(20)8-5-4-6-9(8)17-12(19)11-10(15)7(2)16-14(21)18-11/h8-9H,2-6,15H2,1H3,(H,17,19)(H2,16,18,21)/t8-,9+/m0/s1. The van der Waals surface area contributed by atoms with Gasteiger partial charge in [-0.05, 0) is 19.8 Å². The highest BCUT2D eigenvalue weighted by Crippen LogP contribution is 2.27. The van der Waals surface area contributed by atoms with Crippen molar-refractivity contribution in [1.29, 1.82) is 0 Å². The van der Waals surface area contributed by atoms with E-state index in [2.05, 4.69) is 22.5 Å². The summed E-state index contributed by atoms with van der Waals surface area (Å²) in [6, 6.07) is -0.899. The number of nitrogens with one attached hydrogen (secondary N) is 3. The molecule has 0 aromatic heterocycles. The smallest absolute Gasteiger partial charge is 0.323 e. The van der Waals surface area contributed by atoms with Gasteiger partial charge in [0.05, 0.1) is 23.9 Å². The third-order valence-corrected chi connectivity index (χ3v) is 3.75. The molecule has 8 nitrogen and oxygen atoms in total. The van der Waals surface area contributed by atoms with Crippen molar-refractivity contribution < 1.29 is 19.1 Å². The van der Waals surface area contributed by atoms with Crippen molar-refractivity contribution in [3.8, 4) is 0 Å². The molecule has 0 saturated heterocycles. The molecule has 0 unspecified atom stereocenters. The van der Waals surface area contributed by atoms with Gasteiger partial charge >= 0.3 is 12.0 Å². The van der Waals surface area contributed by atoms with Gasteiger partial charge in [-0.1, -0.05) is 13.0 Å². The maximum absolute atomic E-state index is 12.3. The van der Waals surface area contributed by atoms with E-state index in [4.69, 9.17) is 10.5 Å². The van der Waals surface area contributed by atoms with Crippen LogP contribution in [-0.2, 0) is 14.3 Å². The summed E-state index contributed by atoms with van der Waals surface area (Å²) in [5, 5.41) is 7.47. The quantitative estimate of drug-likeness (QED) is 0.537. The first-order valence-electron chi connectivity index (χ1n) is 7.18. The lowest BCUT2D eigenvalue weighted by molar-refractivity contribution is -0.148. The first-order valence-corrected chi connectivity index (χ1v) is 7.18. The maximum Gasteiger partial charge on any atom is 0.323 e. The molecule has 1 saturated carbocycles. The van der Waals surface area contributed by atoms with Crippen molar-refractivity contribution >= 4 is 17.9 Å². The summed E-state index contributed by atoms with van der Waals surface area (Å²) in [6.45, 7) is 5.61. The van der Waals surface area contributed by atoms with Gasteiger partial charge in [0.1, 0.15) is 5.70 Å². The average Bonchev–Trinajstić information content (AvgIpc) is 2.91. The Morgan fingerprint density at radius 1 is 1.41 bits per heavy atom. The van der Waals surface area contributed by atoms with E-state index in [1.165, 1.54) is 0 Å². The van der Waals surface area contributed by atoms with Crippen LogP contribution in [0.3, 0.4) is 0 Å². The molecule has 2 atom stereocenters. The van der Waals surface area contributed by atoms with Crippen LogP contribution in [0.15, 0.2) is 23.7 Å². The van der Waals surface area contributed by atoms with E-state index >= 15 is 0 Å². The van der Waals surface area contributed by atoms with Gasteiger partial charge in [0.2, 0.25) is 0 Å². The molecule has 1 heterocycles. The summed E-state index contributed by atoms with van der Waals surface area (Å²) < 4.78 is 5.02. The molecule has 1 fully saturated rings. The second-order valence-electron chi connectivity index (χ2n) is 5.22. The van der Waals surface area contributed by atoms with Gasteiger partial charge in [0.25, 0.3) is 5.91 Å². The molecule has 0 radical (unpaired) electrons. The zero-order valence-electron chi connectivity index (χ0n) is 12.4. The molecular formula is C14H20N4O4. The van der Waals surface area contributed by atoms with Crippen molar-refractivity contribution in [3.05, 3.63) is 23.7 Å². The molecule has 22 heavy (non-hydrogen) atoms. The summed E-state index contributed by atoms with van der Waals surface area (Å²) in [5.74, 6) is -1.22. The number of urea groups is 1. The number of esters is 1. The third-order valence-electron chi connectivity index (χ3n) is 3.75. The Balaban J connectivity index is 2.08. The number of hydrogen-bond donors (Lipinski definition) is 4. The van der Waals surface area contributed by atoms with Gasteiger partial charge in [-0.3, -0.25) is 9.59 Å². The third kappa shape index (κ3) is 3.21. The normalized spacial score (nSPS) is 24.6. The number of carbonyl (C=O) groups is 3. The predicted octanol–water partition coefficient (Wildman–Crippen LogP) is -0.169. The van der Waals surface area contributed by atoms with Crippen LogP contribution in [0.5, 0.6) is 0 Å². The molecule has 0 aromatic carbocycles. The zero-order valence-corrected chi connectivity index (χ0v) is 12.4. The van der Waals surface area contributed by atoms with Gasteiger partial charge in [-0.2, -0.15) is 0 Å². The van der Waals surface area contributed by atoms with Crippen LogP contribution >= 0.6 is 0 Å². The number of amides is 3. The maximum atomic E-state index is 12.3. The fourth-order valence-corrected chi connectivity index (χ4v) is 2.65. The molecule has 1 aliphatic carbocycles. The van der Waals surface area contributed by atoms with E-state index in [-0.39, 0.29) is 35.0 Å². The lowest BCUT2D eigenvalue weighted by Crippen LogP contribution is -2.49. The zero-order chi connectivity index (χ0) is 16.3. The van der Waals surface area contributed by atoms with Crippen molar-refractivity contribution in [1.82, 2.24) is 16.0 Å². The topological polar surface area (TPSA) is 123 Å². The molecule has 2 rings (SSSR count). The number of rotatable bonds is 4. The van der Waals surface area contributed by atoms with Crippen molar-refractivity contribution in [2.24, 2.45) is 11.7 Å². The van der Waals surface area contributed by atoms with Gasteiger partial charge in [-0.15, -0.1) is 0 Å². The van der Waals surface area contributed by atoms with Crippen LogP contribution in [0.4, 0.5) is 4.79 Å². The van der Waals surface area contributed by atoms with Crippen molar-refractivity contribution in [2.45, 2.75) is 32.2 Å². The molecule has 0 aromatic rings. The Morgan fingerprint density at radius 2 is 2.14 bits per heavy atom. The average molecular weight is 308 g/mol. The fourth-order valence-electron chi connectivity index (χ4n) is 2.65. The second kappa shape index (κ2) is 6.50. The molecule has 0 spiro atoms. The minimum Gasteiger partial charge on any atom is -0.466 e. The summed E-state index contributed by atoms with van der Waals surface area (Å²) in [7, 11) is 0. The Kier molecular flexibility index (Phi) is 4.69. The van der Waals surface area contributed by atoms with Crippen LogP contribution in [0, 0.1) is 5.92 Å². The molecule has 2 aliphatic rings. The Morgan fingerprint density at radius 3 is 2.82 bits per heavy atom. The van der Waals surface area contributed by atoms with Crippen LogP contribution in [-0.4, -0.2) is 30.6 Å². The molecule has 8 heteroatoms. The number of hydrogen-bond acceptors (Lipinski definition) is 5. The summed E-state index contributed by atoms with van der Waals surface area (Å²) in [5.41, 5.74) is 5.94. The van der Waals surface area contributed by atoms with E-state index in [0.717, 1.165) is 6.42 Å². The second-order valence-corrected chi connectivity index (χ2v) is 5.22. The number of ether oxygens (including phenoxy) is 1. The summed E-state index contributed by atoms with van der Waals surface area (Å²) in [6.07, 6.45) is 2.16. The lowest BCUT2D eigenvalue weighted by atomic mass is 10.0. The summed E-state index contributed by atoms with van der Waals surface area (Å²) in [4.78, 5) is 35.6. The SMILES string of the molecule is C=C1NC(=O)NC(C(=O)N[C@@H]2CCC[C@@H]2C(=O)OCC)=C1N. The summed E-state index contributed by atoms with van der Waals surface area (Å²) >= 11 is 0. The van der Waals surface area contributed by atoms with Crippen molar-refractivity contribution in [2.75, 3.05) is 6.61 Å². The van der Waals surface area contributed by atoms with E-state index in [1.807, 2.05) is 0 Å². The minimum atomic E-state index is -0.572. The van der Waals surface area contributed by atoms with Crippen LogP contribution in [0.2, 0.25) is 0 Å². The monoisotopic (exact) mass is 308 g/mol. The highest BCUT2D eigenvalue weighted by Gasteiger charge is 2.36. The first-order chi connectivity index (χ1) is 10.4. The van der Waals surface area contributed by atoms with Gasteiger partial charge in [-0.25, -0.2) is 4.79 Å². The molecule has 120 valence electrons. The Bertz CT molecular complexity index is 555. The van der Waals surface area contributed by atoms with Gasteiger partial charge in [0.15, 0.2) is 0 Å². The fraction of sp³-hybridized carbons (Fsp3) is 0.500. The van der Waals surface area contributed by atoms with E-state index in [0.29, 0.717) is 19.4 Å². The molecule has 0 bridgehead atoms. The van der Waals surface area contributed by atoms with E-state index in [9.17, 15) is 14.4 Å². The first kappa shape index (κ1) is 15.9. The van der Waals surface area contributed by atoms with Crippen LogP contribution < -0.4 is 21.7 Å². The minimum absolute atomic E-state index is 0.0525. The van der Waals surface area contributed by atoms with Crippen molar-refractivity contribution in [3.63, 3.8) is 0 Å². The molecular weight excluding hydrogens is 288 g/mol. The largest absolute Gasteiger partial charge is 0.466 e. The lowest BCUT2D eigenvalue weighted by Gasteiger charge is -2.24. The number of carbonyl (C=O) groups excluding carboxylic acids is 3. The van der Waals surface area contributed by atoms with E-state index < -0.39 is 11.9 Å². The molecule has 1 aliphatic heterocycles. The highest BCUT2D eigenvalue weighted by molar-refractivity contribution is 6.00. The molecule has 5 N–H and O–H groups in total. The molecule has 3 amide bonds. The van der Waals surface area contributed by atoms with Gasteiger partial charge in [0, 0.05) is 6.04 Å². The number of nitrogens with two attached hydrogens (primary N) is 1. The Hall–Kier alpha value is -2.51. The van der Waals surface area contributed by atoms with E-state index in [1.54, 1.807) is 6.92 Å². The predicted molar refractivity (Wildman–Crippen MR) is 77.9 cm³/mol. The van der Waals surface area contributed by atoms with Crippen LogP contribution in [0.1, 0.15) is 26.2 Å².